The fourth-order valence-electron chi connectivity index (χ4n) is 0.976. The first kappa shape index (κ1) is 14.5. The molecule has 0 bridgehead atoms. The molecule has 1 aromatic rings. The van der Waals surface area contributed by atoms with Gasteiger partial charge in [0.2, 0.25) is 5.95 Å². The lowest BCUT2D eigenvalue weighted by Crippen LogP contribution is -2.16. The molecule has 8 heteroatoms. The van der Waals surface area contributed by atoms with Crippen LogP contribution < -0.4 is 4.90 Å². The van der Waals surface area contributed by atoms with E-state index in [9.17, 15) is 0 Å². The van der Waals surface area contributed by atoms with E-state index >= 15 is 0 Å². The fraction of sp³-hybridized carbons (Fsp3) is 0.400. The highest BCUT2D eigenvalue weighted by molar-refractivity contribution is 6.64. The summed E-state index contributed by atoms with van der Waals surface area (Å²) in [6, 6.07) is 1.91. The first-order chi connectivity index (χ1) is 8.36. The highest BCUT2D eigenvalue weighted by Gasteiger charge is 2.14. The van der Waals surface area contributed by atoms with Crippen LogP contribution in [0.15, 0.2) is 4.99 Å². The van der Waals surface area contributed by atoms with E-state index < -0.39 is 0 Å². The standard InChI is InChI=1S/C10H12Cl2N6/c1-17(2)9(12)15-8-6(5-13)7(11)14-10(16-8)18(3)4/h1-4H3/b15-9+. The largest absolute Gasteiger partial charge is 0.353 e. The van der Waals surface area contributed by atoms with Gasteiger partial charge in [0, 0.05) is 28.2 Å². The molecule has 1 rings (SSSR count). The lowest BCUT2D eigenvalue weighted by atomic mass is 10.3. The van der Waals surface area contributed by atoms with Gasteiger partial charge in [0.15, 0.2) is 16.3 Å². The monoisotopic (exact) mass is 286 g/mol. The molecule has 0 spiro atoms. The van der Waals surface area contributed by atoms with Gasteiger partial charge in [0.25, 0.3) is 0 Å². The molecular weight excluding hydrogens is 275 g/mol. The van der Waals surface area contributed by atoms with E-state index in [0.29, 0.717) is 5.95 Å². The van der Waals surface area contributed by atoms with Gasteiger partial charge in [0.05, 0.1) is 0 Å². The van der Waals surface area contributed by atoms with Gasteiger partial charge < -0.3 is 9.80 Å². The van der Waals surface area contributed by atoms with Gasteiger partial charge in [-0.25, -0.2) is 0 Å². The Labute approximate surface area is 115 Å². The summed E-state index contributed by atoms with van der Waals surface area (Å²) < 4.78 is 0. The Hall–Kier alpha value is -1.58. The summed E-state index contributed by atoms with van der Waals surface area (Å²) in [7, 11) is 6.98. The summed E-state index contributed by atoms with van der Waals surface area (Å²) in [5.41, 5.74) is 0.0993. The lowest BCUT2D eigenvalue weighted by molar-refractivity contribution is 0.634. The van der Waals surface area contributed by atoms with Crippen molar-refractivity contribution in [3.63, 3.8) is 0 Å². The van der Waals surface area contributed by atoms with Gasteiger partial charge in [-0.1, -0.05) is 11.6 Å². The number of hydrogen-bond acceptors (Lipinski definition) is 5. The van der Waals surface area contributed by atoms with Gasteiger partial charge >= 0.3 is 0 Å². The Morgan fingerprint density at radius 1 is 1.28 bits per heavy atom. The molecule has 0 aliphatic carbocycles. The molecule has 0 aromatic carbocycles. The van der Waals surface area contributed by atoms with Crippen LogP contribution in [0.2, 0.25) is 5.15 Å². The van der Waals surface area contributed by atoms with Crippen molar-refractivity contribution < 1.29 is 0 Å². The zero-order chi connectivity index (χ0) is 13.9. The van der Waals surface area contributed by atoms with Gasteiger partial charge in [-0.15, -0.1) is 0 Å². The summed E-state index contributed by atoms with van der Waals surface area (Å²) in [4.78, 5) is 15.4. The average molecular weight is 287 g/mol. The first-order valence-electron chi connectivity index (χ1n) is 4.93. The van der Waals surface area contributed by atoms with Crippen LogP contribution in [0.3, 0.4) is 0 Å². The summed E-state index contributed by atoms with van der Waals surface area (Å²) in [5, 5.41) is 9.28. The van der Waals surface area contributed by atoms with E-state index in [2.05, 4.69) is 15.0 Å². The normalized spacial score (nSPS) is 11.1. The van der Waals surface area contributed by atoms with Crippen molar-refractivity contribution in [2.75, 3.05) is 33.1 Å². The van der Waals surface area contributed by atoms with Crippen LogP contribution in [0.4, 0.5) is 11.8 Å². The molecule has 0 amide bonds. The highest BCUT2D eigenvalue weighted by Crippen LogP contribution is 2.25. The minimum Gasteiger partial charge on any atom is -0.353 e. The van der Waals surface area contributed by atoms with Crippen molar-refractivity contribution >= 4 is 40.3 Å². The molecule has 0 aliphatic heterocycles. The maximum Gasteiger partial charge on any atom is 0.228 e. The number of rotatable bonds is 2. The molecule has 18 heavy (non-hydrogen) atoms. The van der Waals surface area contributed by atoms with Gasteiger partial charge in [-0.05, 0) is 11.6 Å². The van der Waals surface area contributed by atoms with Crippen molar-refractivity contribution in [2.45, 2.75) is 0 Å². The summed E-state index contributed by atoms with van der Waals surface area (Å²) in [6.45, 7) is 0. The van der Waals surface area contributed by atoms with Gasteiger partial charge in [-0.3, -0.25) is 0 Å². The second-order valence-corrected chi connectivity index (χ2v) is 4.49. The minimum absolute atomic E-state index is 0.0539. The van der Waals surface area contributed by atoms with E-state index in [0.717, 1.165) is 0 Å². The quantitative estimate of drug-likeness (QED) is 0.359. The summed E-state index contributed by atoms with van der Waals surface area (Å²) in [5.74, 6) is 0.515. The minimum atomic E-state index is 0.0539. The average Bonchev–Trinajstić information content (AvgIpc) is 2.28. The van der Waals surface area contributed by atoms with Crippen molar-refractivity contribution in [3.8, 4) is 6.07 Å². The van der Waals surface area contributed by atoms with Crippen LogP contribution in [-0.2, 0) is 0 Å². The third-order valence-corrected chi connectivity index (χ3v) is 2.61. The molecule has 96 valence electrons. The molecular formula is C10H12Cl2N6. The van der Waals surface area contributed by atoms with Gasteiger partial charge in [-0.2, -0.15) is 20.2 Å². The molecule has 0 N–H and O–H groups in total. The SMILES string of the molecule is CN(C)/C(Cl)=N/c1nc(N(C)C)nc(Cl)c1C#N. The Morgan fingerprint density at radius 3 is 2.33 bits per heavy atom. The van der Waals surface area contributed by atoms with E-state index in [1.807, 2.05) is 6.07 Å². The van der Waals surface area contributed by atoms with Crippen molar-refractivity contribution in [1.29, 1.82) is 5.26 Å². The van der Waals surface area contributed by atoms with E-state index in [4.69, 9.17) is 28.5 Å². The number of halogens is 2. The Balaban J connectivity index is 3.41. The molecule has 1 aromatic heterocycles. The molecule has 0 saturated heterocycles. The van der Waals surface area contributed by atoms with E-state index in [-0.39, 0.29) is 21.8 Å². The predicted molar refractivity (Wildman–Crippen MR) is 72.7 cm³/mol. The lowest BCUT2D eigenvalue weighted by Gasteiger charge is -2.13. The molecule has 1 heterocycles. The van der Waals surface area contributed by atoms with Crippen LogP contribution in [0, 0.1) is 11.3 Å². The summed E-state index contributed by atoms with van der Waals surface area (Å²) >= 11 is 11.8. The van der Waals surface area contributed by atoms with E-state index in [1.54, 1.807) is 38.0 Å². The van der Waals surface area contributed by atoms with Gasteiger partial charge in [0.1, 0.15) is 11.6 Å². The number of amidine groups is 1. The number of nitrogens with zero attached hydrogens (tertiary/aromatic N) is 6. The maximum absolute atomic E-state index is 9.03. The molecule has 0 aliphatic rings. The zero-order valence-corrected chi connectivity index (χ0v) is 12.0. The fourth-order valence-corrected chi connectivity index (χ4v) is 1.26. The molecule has 0 fully saturated rings. The second-order valence-electron chi connectivity index (χ2n) is 3.79. The number of aliphatic imine (C=N–C) groups is 1. The number of hydrogen-bond donors (Lipinski definition) is 0. The Kier molecular flexibility index (Phi) is 4.70. The third kappa shape index (κ3) is 3.22. The van der Waals surface area contributed by atoms with Crippen LogP contribution in [-0.4, -0.2) is 48.4 Å². The van der Waals surface area contributed by atoms with Crippen LogP contribution in [0.5, 0.6) is 0 Å². The first-order valence-corrected chi connectivity index (χ1v) is 5.69. The van der Waals surface area contributed by atoms with Crippen molar-refractivity contribution in [1.82, 2.24) is 14.9 Å². The second kappa shape index (κ2) is 5.85. The number of anilines is 1. The molecule has 0 saturated carbocycles. The van der Waals surface area contributed by atoms with Crippen molar-refractivity contribution in [3.05, 3.63) is 10.7 Å². The topological polar surface area (TPSA) is 68.4 Å². The smallest absolute Gasteiger partial charge is 0.228 e. The zero-order valence-electron chi connectivity index (χ0n) is 10.4. The van der Waals surface area contributed by atoms with Crippen molar-refractivity contribution in [2.24, 2.45) is 4.99 Å². The van der Waals surface area contributed by atoms with Crippen LogP contribution in [0.25, 0.3) is 0 Å². The molecule has 6 nitrogen and oxygen atoms in total. The summed E-state index contributed by atoms with van der Waals surface area (Å²) in [6.07, 6.45) is 0. The number of aromatic nitrogens is 2. The van der Waals surface area contributed by atoms with Crippen LogP contribution >= 0.6 is 23.2 Å². The molecule has 0 radical (unpaired) electrons. The third-order valence-electron chi connectivity index (χ3n) is 1.91. The Morgan fingerprint density at radius 2 is 1.89 bits per heavy atom. The number of nitriles is 1. The molecule has 0 unspecified atom stereocenters. The maximum atomic E-state index is 9.03. The van der Waals surface area contributed by atoms with Crippen LogP contribution in [0.1, 0.15) is 5.56 Å². The highest BCUT2D eigenvalue weighted by atomic mass is 35.5. The predicted octanol–water partition coefficient (Wildman–Crippen LogP) is 1.86. The molecule has 0 atom stereocenters. The van der Waals surface area contributed by atoms with E-state index in [1.165, 1.54) is 0 Å². The Bertz CT molecular complexity index is 518.